The van der Waals surface area contributed by atoms with Crippen LogP contribution < -0.4 is 16.0 Å². The van der Waals surface area contributed by atoms with Crippen molar-refractivity contribution in [1.82, 2.24) is 14.9 Å². The first-order valence-corrected chi connectivity index (χ1v) is 9.86. The summed E-state index contributed by atoms with van der Waals surface area (Å²) in [7, 11) is 2.05. The highest BCUT2D eigenvalue weighted by Crippen LogP contribution is 2.36. The summed E-state index contributed by atoms with van der Waals surface area (Å²) < 4.78 is 7.53. The lowest BCUT2D eigenvalue weighted by Gasteiger charge is -2.23. The van der Waals surface area contributed by atoms with E-state index < -0.39 is 5.60 Å². The number of nitrogen functional groups attached to an aromatic ring is 1. The van der Waals surface area contributed by atoms with Gasteiger partial charge in [-0.25, -0.2) is 9.78 Å². The number of carbonyl (C=O) groups excluding carboxylic acids is 1. The zero-order chi connectivity index (χ0) is 20.9. The number of nitrogens with one attached hydrogen (secondary N) is 1. The van der Waals surface area contributed by atoms with E-state index in [0.717, 1.165) is 35.5 Å². The van der Waals surface area contributed by atoms with Crippen molar-refractivity contribution in [2.24, 2.45) is 7.05 Å². The van der Waals surface area contributed by atoms with E-state index in [-0.39, 0.29) is 17.6 Å². The van der Waals surface area contributed by atoms with E-state index in [2.05, 4.69) is 35.6 Å². The molecule has 2 aromatic rings. The Labute approximate surface area is 167 Å². The maximum Gasteiger partial charge on any atom is 0.407 e. The molecule has 1 amide bonds. The van der Waals surface area contributed by atoms with Crippen molar-refractivity contribution in [1.29, 1.82) is 0 Å². The molecule has 1 aliphatic rings. The molecule has 2 heterocycles. The number of anilines is 2. The number of hydrogen-bond donors (Lipinski definition) is 2. The highest BCUT2D eigenvalue weighted by molar-refractivity contribution is 5.96. The maximum atomic E-state index is 12.1. The molecule has 1 atom stereocenters. The standard InChI is InChI=1S/C21H33N5O2/c1-20(2,3)18-24-16-15(25(18)7)9-8-14(22)17(16)26-11-10-13(12-26)23-19(27)28-21(4,5)6/h8-9,13H,10-12,22H2,1-7H3,(H,23,27)/t13-/m0/s1. The molecule has 1 aromatic carbocycles. The van der Waals surface area contributed by atoms with Crippen LogP contribution in [0.4, 0.5) is 16.2 Å². The van der Waals surface area contributed by atoms with Crippen LogP contribution in [0.15, 0.2) is 12.1 Å². The van der Waals surface area contributed by atoms with Crippen LogP contribution in [0.3, 0.4) is 0 Å². The predicted molar refractivity (Wildman–Crippen MR) is 114 cm³/mol. The minimum absolute atomic E-state index is 0.0234. The van der Waals surface area contributed by atoms with Gasteiger partial charge in [-0.05, 0) is 39.3 Å². The molecular formula is C21H33N5O2. The lowest BCUT2D eigenvalue weighted by atomic mass is 9.96. The highest BCUT2D eigenvalue weighted by Gasteiger charge is 2.30. The molecule has 1 fully saturated rings. The number of nitrogens with two attached hydrogens (primary N) is 1. The van der Waals surface area contributed by atoms with Gasteiger partial charge in [-0.2, -0.15) is 0 Å². The molecule has 7 nitrogen and oxygen atoms in total. The van der Waals surface area contributed by atoms with Gasteiger partial charge in [0.05, 0.1) is 22.9 Å². The van der Waals surface area contributed by atoms with E-state index in [1.807, 2.05) is 40.0 Å². The van der Waals surface area contributed by atoms with E-state index in [4.69, 9.17) is 15.5 Å². The normalized spacial score (nSPS) is 18.0. The Morgan fingerprint density at radius 1 is 1.25 bits per heavy atom. The first-order chi connectivity index (χ1) is 12.9. The van der Waals surface area contributed by atoms with E-state index in [1.165, 1.54) is 0 Å². The van der Waals surface area contributed by atoms with Crippen LogP contribution in [0, 0.1) is 0 Å². The second-order valence-electron chi connectivity index (χ2n) is 9.69. The van der Waals surface area contributed by atoms with Crippen LogP contribution in [-0.4, -0.2) is 40.4 Å². The van der Waals surface area contributed by atoms with Gasteiger partial charge in [-0.3, -0.25) is 0 Å². The van der Waals surface area contributed by atoms with Gasteiger partial charge in [0, 0.05) is 25.6 Å². The van der Waals surface area contributed by atoms with E-state index in [0.29, 0.717) is 12.2 Å². The second kappa shape index (κ2) is 6.87. The zero-order valence-corrected chi connectivity index (χ0v) is 18.1. The number of hydrogen-bond acceptors (Lipinski definition) is 5. The predicted octanol–water partition coefficient (Wildman–Crippen LogP) is 3.56. The molecule has 1 aliphatic heterocycles. The third-order valence-electron chi connectivity index (χ3n) is 4.95. The van der Waals surface area contributed by atoms with Gasteiger partial charge >= 0.3 is 6.09 Å². The average Bonchev–Trinajstić information content (AvgIpc) is 3.09. The van der Waals surface area contributed by atoms with E-state index in [1.54, 1.807) is 0 Å². The molecule has 28 heavy (non-hydrogen) atoms. The average molecular weight is 388 g/mol. The number of rotatable bonds is 2. The van der Waals surface area contributed by atoms with Gasteiger partial charge in [0.15, 0.2) is 0 Å². The third kappa shape index (κ3) is 4.03. The lowest BCUT2D eigenvalue weighted by molar-refractivity contribution is 0.0509. The Bertz CT molecular complexity index is 889. The van der Waals surface area contributed by atoms with Crippen molar-refractivity contribution in [3.05, 3.63) is 18.0 Å². The Hall–Kier alpha value is -2.44. The fourth-order valence-electron chi connectivity index (χ4n) is 3.82. The molecule has 1 aromatic heterocycles. The molecule has 154 valence electrons. The molecule has 0 bridgehead atoms. The summed E-state index contributed by atoms with van der Waals surface area (Å²) >= 11 is 0. The highest BCUT2D eigenvalue weighted by atomic mass is 16.6. The number of aromatic nitrogens is 2. The number of benzene rings is 1. The molecule has 0 unspecified atom stereocenters. The number of alkyl carbamates (subject to hydrolysis) is 1. The first kappa shape index (κ1) is 20.3. The summed E-state index contributed by atoms with van der Waals surface area (Å²) in [6.07, 6.45) is 0.465. The SMILES string of the molecule is Cn1c(C(C)(C)C)nc2c(N3CC[C@H](NC(=O)OC(C)(C)C)C3)c(N)ccc21. The van der Waals surface area contributed by atoms with Gasteiger partial charge in [-0.15, -0.1) is 0 Å². The molecule has 0 radical (unpaired) electrons. The number of fused-ring (bicyclic) bond motifs is 1. The monoisotopic (exact) mass is 387 g/mol. The number of ether oxygens (including phenoxy) is 1. The minimum Gasteiger partial charge on any atom is -0.444 e. The van der Waals surface area contributed by atoms with Crippen LogP contribution in [0.2, 0.25) is 0 Å². The minimum atomic E-state index is -0.504. The van der Waals surface area contributed by atoms with Crippen LogP contribution >= 0.6 is 0 Å². The van der Waals surface area contributed by atoms with Gasteiger partial charge < -0.3 is 25.3 Å². The topological polar surface area (TPSA) is 85.4 Å². The summed E-state index contributed by atoms with van der Waals surface area (Å²) in [5.74, 6) is 1.02. The number of amides is 1. The first-order valence-electron chi connectivity index (χ1n) is 9.86. The van der Waals surface area contributed by atoms with Crippen molar-refractivity contribution in [2.75, 3.05) is 23.7 Å². The second-order valence-corrected chi connectivity index (χ2v) is 9.69. The smallest absolute Gasteiger partial charge is 0.407 e. The van der Waals surface area contributed by atoms with Crippen molar-refractivity contribution in [2.45, 2.75) is 65.0 Å². The summed E-state index contributed by atoms with van der Waals surface area (Å²) in [4.78, 5) is 19.3. The van der Waals surface area contributed by atoms with Crippen LogP contribution in [0.5, 0.6) is 0 Å². The summed E-state index contributed by atoms with van der Waals surface area (Å²) in [5.41, 5.74) is 9.45. The maximum absolute atomic E-state index is 12.1. The molecule has 1 saturated heterocycles. The molecule has 0 aliphatic carbocycles. The zero-order valence-electron chi connectivity index (χ0n) is 18.1. The van der Waals surface area contributed by atoms with Crippen molar-refractivity contribution >= 4 is 28.5 Å². The van der Waals surface area contributed by atoms with Crippen molar-refractivity contribution in [3.63, 3.8) is 0 Å². The molecular weight excluding hydrogens is 354 g/mol. The number of imidazole rings is 1. The van der Waals surface area contributed by atoms with E-state index >= 15 is 0 Å². The Balaban J connectivity index is 1.86. The van der Waals surface area contributed by atoms with Gasteiger partial charge in [-0.1, -0.05) is 20.8 Å². The fourth-order valence-corrected chi connectivity index (χ4v) is 3.82. The Morgan fingerprint density at radius 2 is 1.93 bits per heavy atom. The molecule has 7 heteroatoms. The van der Waals surface area contributed by atoms with Crippen LogP contribution in [0.25, 0.3) is 11.0 Å². The van der Waals surface area contributed by atoms with Crippen molar-refractivity contribution in [3.8, 4) is 0 Å². The lowest BCUT2D eigenvalue weighted by Crippen LogP contribution is -2.40. The molecule has 0 saturated carbocycles. The third-order valence-corrected chi connectivity index (χ3v) is 4.95. The van der Waals surface area contributed by atoms with Gasteiger partial charge in [0.2, 0.25) is 0 Å². The van der Waals surface area contributed by atoms with Crippen LogP contribution in [0.1, 0.15) is 53.8 Å². The summed E-state index contributed by atoms with van der Waals surface area (Å²) in [6, 6.07) is 4.00. The number of aryl methyl sites for hydroxylation is 1. The molecule has 3 N–H and O–H groups in total. The quantitative estimate of drug-likeness (QED) is 0.770. The fraction of sp³-hybridized carbons (Fsp3) is 0.619. The molecule has 3 rings (SSSR count). The van der Waals surface area contributed by atoms with Crippen LogP contribution in [-0.2, 0) is 17.2 Å². The molecule has 0 spiro atoms. The Kier molecular flexibility index (Phi) is 4.98. The largest absolute Gasteiger partial charge is 0.444 e. The Morgan fingerprint density at radius 3 is 2.54 bits per heavy atom. The summed E-state index contributed by atoms with van der Waals surface area (Å²) in [5, 5.41) is 2.97. The van der Waals surface area contributed by atoms with Crippen molar-refractivity contribution < 1.29 is 9.53 Å². The number of nitrogens with zero attached hydrogens (tertiary/aromatic N) is 3. The van der Waals surface area contributed by atoms with E-state index in [9.17, 15) is 4.79 Å². The number of carbonyl (C=O) groups is 1. The van der Waals surface area contributed by atoms with Gasteiger partial charge in [0.1, 0.15) is 16.9 Å². The van der Waals surface area contributed by atoms with Gasteiger partial charge in [0.25, 0.3) is 0 Å². The summed E-state index contributed by atoms with van der Waals surface area (Å²) in [6.45, 7) is 13.6.